The van der Waals surface area contributed by atoms with Crippen molar-refractivity contribution in [2.45, 2.75) is 26.4 Å². The molecule has 0 spiro atoms. The molecule has 6 nitrogen and oxygen atoms in total. The van der Waals surface area contributed by atoms with E-state index in [0.717, 1.165) is 11.1 Å². The maximum Gasteiger partial charge on any atom is 0.267 e. The van der Waals surface area contributed by atoms with Gasteiger partial charge in [-0.1, -0.05) is 23.8 Å². The van der Waals surface area contributed by atoms with Gasteiger partial charge in [-0.15, -0.1) is 0 Å². The van der Waals surface area contributed by atoms with Crippen LogP contribution in [-0.4, -0.2) is 34.5 Å². The number of hydrogen-bond donors (Lipinski definition) is 4. The number of carbonyl (C=O) groups is 1. The Balaban J connectivity index is 2.65. The van der Waals surface area contributed by atoms with Crippen molar-refractivity contribution in [3.05, 3.63) is 53.1 Å². The van der Waals surface area contributed by atoms with Gasteiger partial charge in [0.05, 0.1) is 12.7 Å². The van der Waals surface area contributed by atoms with Gasteiger partial charge in [0.25, 0.3) is 5.91 Å². The van der Waals surface area contributed by atoms with Crippen molar-refractivity contribution in [1.29, 1.82) is 0 Å². The van der Waals surface area contributed by atoms with Crippen LogP contribution < -0.4 is 10.2 Å². The number of amides is 1. The molecule has 0 saturated carbocycles. The van der Waals surface area contributed by atoms with Gasteiger partial charge in [0.15, 0.2) is 0 Å². The van der Waals surface area contributed by atoms with Crippen molar-refractivity contribution in [3.8, 4) is 5.75 Å². The van der Waals surface area contributed by atoms with Crippen LogP contribution in [0.25, 0.3) is 0 Å². The topological polar surface area (TPSA) is 99.0 Å². The summed E-state index contributed by atoms with van der Waals surface area (Å²) in [6, 6.07) is 7.02. The van der Waals surface area contributed by atoms with Gasteiger partial charge < -0.3 is 14.9 Å². The lowest BCUT2D eigenvalue weighted by Gasteiger charge is -2.12. The molecule has 0 bridgehead atoms. The summed E-state index contributed by atoms with van der Waals surface area (Å²) in [4.78, 5) is 11.0. The second-order valence-electron chi connectivity index (χ2n) is 5.22. The second kappa shape index (κ2) is 9.78. The summed E-state index contributed by atoms with van der Waals surface area (Å²) < 4.78 is 5.26. The summed E-state index contributed by atoms with van der Waals surface area (Å²) >= 11 is 0. The molecule has 1 amide bonds. The van der Waals surface area contributed by atoms with Gasteiger partial charge in [-0.2, -0.15) is 0 Å². The summed E-state index contributed by atoms with van der Waals surface area (Å²) in [7, 11) is 0. The zero-order valence-corrected chi connectivity index (χ0v) is 13.3. The summed E-state index contributed by atoms with van der Waals surface area (Å²) in [6.07, 6.45) is 2.79. The first-order valence-electron chi connectivity index (χ1n) is 7.27. The number of hydroxylamine groups is 1. The van der Waals surface area contributed by atoms with Gasteiger partial charge in [-0.3, -0.25) is 10.0 Å². The zero-order chi connectivity index (χ0) is 17.2. The quantitative estimate of drug-likeness (QED) is 0.254. The Morgan fingerprint density at radius 2 is 1.91 bits per heavy atom. The Bertz CT molecular complexity index is 563. The summed E-state index contributed by atoms with van der Waals surface area (Å²) in [6.45, 7) is 3.78. The van der Waals surface area contributed by atoms with Crippen LogP contribution in [0.2, 0.25) is 0 Å². The Hall–Kier alpha value is -2.15. The van der Waals surface area contributed by atoms with Gasteiger partial charge in [0.2, 0.25) is 0 Å². The van der Waals surface area contributed by atoms with E-state index in [1.165, 1.54) is 11.6 Å². The number of rotatable bonds is 8. The molecule has 0 aliphatic carbocycles. The normalized spacial score (nSPS) is 13.6. The lowest BCUT2D eigenvalue weighted by molar-refractivity contribution is -0.124. The highest BCUT2D eigenvalue weighted by molar-refractivity contribution is 5.87. The standard InChI is InChI=1S/C17H23NO5/c1-12(9-13(2)11-17(21)18-22)10-16(20)14-3-5-15(6-4-14)23-8-7-19/h3-6,9,11,16,19-20,22H,7-8,10H2,1-2H3,(H,18,21)/b12-9+,13-11+/t16-/m1/s1. The number of benzene rings is 1. The highest BCUT2D eigenvalue weighted by Gasteiger charge is 2.08. The van der Waals surface area contributed by atoms with Gasteiger partial charge in [-0.25, -0.2) is 5.48 Å². The van der Waals surface area contributed by atoms with E-state index in [0.29, 0.717) is 17.7 Å². The third-order valence-electron chi connectivity index (χ3n) is 3.08. The van der Waals surface area contributed by atoms with Crippen LogP contribution in [0.4, 0.5) is 0 Å². The molecule has 6 heteroatoms. The second-order valence-corrected chi connectivity index (χ2v) is 5.22. The van der Waals surface area contributed by atoms with Crippen molar-refractivity contribution in [2.75, 3.05) is 13.2 Å². The fourth-order valence-corrected chi connectivity index (χ4v) is 2.10. The van der Waals surface area contributed by atoms with Gasteiger partial charge >= 0.3 is 0 Å². The third kappa shape index (κ3) is 7.10. The van der Waals surface area contributed by atoms with Crippen molar-refractivity contribution >= 4 is 5.91 Å². The van der Waals surface area contributed by atoms with Crippen molar-refractivity contribution in [3.63, 3.8) is 0 Å². The van der Waals surface area contributed by atoms with E-state index in [1.54, 1.807) is 37.3 Å². The van der Waals surface area contributed by atoms with E-state index in [2.05, 4.69) is 0 Å². The van der Waals surface area contributed by atoms with E-state index in [-0.39, 0.29) is 13.2 Å². The van der Waals surface area contributed by atoms with Crippen molar-refractivity contribution in [2.24, 2.45) is 0 Å². The molecule has 0 radical (unpaired) electrons. The molecular weight excluding hydrogens is 298 g/mol. The Morgan fingerprint density at radius 3 is 2.48 bits per heavy atom. The van der Waals surface area contributed by atoms with Gasteiger partial charge in [-0.05, 0) is 43.5 Å². The molecule has 0 aromatic heterocycles. The van der Waals surface area contributed by atoms with Crippen LogP contribution in [-0.2, 0) is 4.79 Å². The number of carbonyl (C=O) groups excluding carboxylic acids is 1. The number of allylic oxidation sites excluding steroid dienone is 2. The minimum atomic E-state index is -0.669. The fourth-order valence-electron chi connectivity index (χ4n) is 2.10. The van der Waals surface area contributed by atoms with E-state index in [9.17, 15) is 9.90 Å². The first kappa shape index (κ1) is 18.9. The number of aliphatic hydroxyl groups excluding tert-OH is 2. The van der Waals surface area contributed by atoms with Crippen LogP contribution >= 0.6 is 0 Å². The molecule has 0 saturated heterocycles. The average Bonchev–Trinajstić information content (AvgIpc) is 2.52. The van der Waals surface area contributed by atoms with Crippen LogP contribution in [0, 0.1) is 0 Å². The van der Waals surface area contributed by atoms with E-state index in [4.69, 9.17) is 15.1 Å². The highest BCUT2D eigenvalue weighted by atomic mass is 16.5. The lowest BCUT2D eigenvalue weighted by atomic mass is 10.0. The molecule has 1 aromatic rings. The number of ether oxygens (including phenoxy) is 1. The minimum absolute atomic E-state index is 0.0461. The maximum atomic E-state index is 11.0. The molecule has 0 fully saturated rings. The van der Waals surface area contributed by atoms with Crippen LogP contribution in [0.15, 0.2) is 47.6 Å². The predicted molar refractivity (Wildman–Crippen MR) is 86.0 cm³/mol. The molecule has 0 aliphatic rings. The molecule has 1 atom stereocenters. The van der Waals surface area contributed by atoms with Crippen LogP contribution in [0.3, 0.4) is 0 Å². The number of nitrogens with one attached hydrogen (secondary N) is 1. The first-order valence-corrected chi connectivity index (χ1v) is 7.27. The predicted octanol–water partition coefficient (Wildman–Crippen LogP) is 1.88. The van der Waals surface area contributed by atoms with Gasteiger partial charge in [0, 0.05) is 6.08 Å². The average molecular weight is 321 g/mol. The highest BCUT2D eigenvalue weighted by Crippen LogP contribution is 2.23. The largest absolute Gasteiger partial charge is 0.491 e. The lowest BCUT2D eigenvalue weighted by Crippen LogP contribution is -2.15. The SMILES string of the molecule is CC(=C\C(=O)NO)/C=C(\C)C[C@@H](O)c1ccc(OCCO)cc1. The molecule has 23 heavy (non-hydrogen) atoms. The minimum Gasteiger partial charge on any atom is -0.491 e. The molecular formula is C17H23NO5. The van der Waals surface area contributed by atoms with E-state index in [1.807, 2.05) is 6.92 Å². The van der Waals surface area contributed by atoms with E-state index < -0.39 is 12.0 Å². The van der Waals surface area contributed by atoms with Crippen LogP contribution in [0.5, 0.6) is 5.75 Å². The molecule has 0 aliphatic heterocycles. The molecule has 0 heterocycles. The molecule has 1 rings (SSSR count). The number of hydrogen-bond acceptors (Lipinski definition) is 5. The zero-order valence-electron chi connectivity index (χ0n) is 13.3. The summed E-state index contributed by atoms with van der Waals surface area (Å²) in [5.41, 5.74) is 3.86. The van der Waals surface area contributed by atoms with Crippen LogP contribution in [0.1, 0.15) is 31.9 Å². The Labute approximate surface area is 135 Å². The van der Waals surface area contributed by atoms with Gasteiger partial charge in [0.1, 0.15) is 12.4 Å². The molecule has 4 N–H and O–H groups in total. The Kier molecular flexibility index (Phi) is 8.04. The van der Waals surface area contributed by atoms with Crippen molar-refractivity contribution < 1.29 is 25.0 Å². The summed E-state index contributed by atoms with van der Waals surface area (Å²) in [5.74, 6) is 0.0432. The molecule has 126 valence electrons. The Morgan fingerprint density at radius 1 is 1.26 bits per heavy atom. The first-order chi connectivity index (χ1) is 11.0. The molecule has 1 aromatic carbocycles. The monoisotopic (exact) mass is 321 g/mol. The molecule has 0 unspecified atom stereocenters. The fraction of sp³-hybridized carbons (Fsp3) is 0.353. The van der Waals surface area contributed by atoms with Crippen molar-refractivity contribution in [1.82, 2.24) is 5.48 Å². The maximum absolute atomic E-state index is 11.0. The smallest absolute Gasteiger partial charge is 0.267 e. The summed E-state index contributed by atoms with van der Waals surface area (Å²) in [5, 5.41) is 27.4. The number of aliphatic hydroxyl groups is 2. The van der Waals surface area contributed by atoms with E-state index >= 15 is 0 Å². The third-order valence-corrected chi connectivity index (χ3v) is 3.08.